The van der Waals surface area contributed by atoms with E-state index in [1.165, 1.54) is 0 Å². The van der Waals surface area contributed by atoms with Gasteiger partial charge in [-0.15, -0.1) is 0 Å². The maximum Gasteiger partial charge on any atom is 0.235 e. The number of rotatable bonds is 3. The van der Waals surface area contributed by atoms with Crippen molar-refractivity contribution in [1.82, 2.24) is 0 Å². The van der Waals surface area contributed by atoms with Crippen molar-refractivity contribution in [3.05, 3.63) is 64.7 Å². The van der Waals surface area contributed by atoms with E-state index in [4.69, 9.17) is 11.6 Å². The summed E-state index contributed by atoms with van der Waals surface area (Å²) >= 11 is 6.06. The molecule has 22 heavy (non-hydrogen) atoms. The van der Waals surface area contributed by atoms with Gasteiger partial charge in [-0.1, -0.05) is 60.8 Å². The van der Waals surface area contributed by atoms with E-state index in [1.54, 1.807) is 0 Å². The summed E-state index contributed by atoms with van der Waals surface area (Å²) < 4.78 is 0. The Morgan fingerprint density at radius 2 is 1.77 bits per heavy atom. The number of amides is 1. The Hall–Kier alpha value is -1.80. The van der Waals surface area contributed by atoms with Crippen LogP contribution in [-0.2, 0) is 10.2 Å². The van der Waals surface area contributed by atoms with Gasteiger partial charge in [-0.05, 0) is 43.0 Å². The van der Waals surface area contributed by atoms with Crippen LogP contribution < -0.4 is 5.32 Å². The molecule has 1 aliphatic carbocycles. The molecule has 0 heterocycles. The minimum Gasteiger partial charge on any atom is -0.325 e. The van der Waals surface area contributed by atoms with Gasteiger partial charge < -0.3 is 5.32 Å². The van der Waals surface area contributed by atoms with Crippen molar-refractivity contribution >= 4 is 23.2 Å². The lowest BCUT2D eigenvalue weighted by molar-refractivity contribution is -0.121. The Bertz CT molecular complexity index is 675. The van der Waals surface area contributed by atoms with Gasteiger partial charge in [-0.2, -0.15) is 0 Å². The molecule has 0 spiro atoms. The molecule has 0 aliphatic heterocycles. The Balaban J connectivity index is 1.93. The lowest BCUT2D eigenvalue weighted by Crippen LogP contribution is -2.38. The summed E-state index contributed by atoms with van der Waals surface area (Å²) in [5, 5.41) is 3.75. The highest BCUT2D eigenvalue weighted by molar-refractivity contribution is 6.31. The van der Waals surface area contributed by atoms with Crippen LogP contribution in [0.4, 0.5) is 5.69 Å². The van der Waals surface area contributed by atoms with Gasteiger partial charge in [0.05, 0.1) is 5.41 Å². The molecule has 1 saturated carbocycles. The standard InChI is InChI=1S/C19H20ClNO/c1-14-9-10-16(20)13-17(14)21-18(22)19(11-5-6-12-19)15-7-3-2-4-8-15/h2-4,7-10,13H,5-6,11-12H2,1H3,(H,21,22). The highest BCUT2D eigenvalue weighted by atomic mass is 35.5. The van der Waals surface area contributed by atoms with E-state index in [9.17, 15) is 4.79 Å². The third-order valence-electron chi connectivity index (χ3n) is 4.67. The normalized spacial score (nSPS) is 16.5. The summed E-state index contributed by atoms with van der Waals surface area (Å²) in [5.41, 5.74) is 2.54. The molecule has 0 saturated heterocycles. The van der Waals surface area contributed by atoms with E-state index < -0.39 is 5.41 Å². The van der Waals surface area contributed by atoms with Crippen LogP contribution in [0.3, 0.4) is 0 Å². The number of carbonyl (C=O) groups is 1. The van der Waals surface area contributed by atoms with Gasteiger partial charge in [0.15, 0.2) is 0 Å². The van der Waals surface area contributed by atoms with Crippen LogP contribution in [0, 0.1) is 6.92 Å². The van der Waals surface area contributed by atoms with Crippen LogP contribution in [-0.4, -0.2) is 5.91 Å². The highest BCUT2D eigenvalue weighted by Crippen LogP contribution is 2.42. The fourth-order valence-corrected chi connectivity index (χ4v) is 3.53. The summed E-state index contributed by atoms with van der Waals surface area (Å²) in [4.78, 5) is 13.0. The average Bonchev–Trinajstić information content (AvgIpc) is 3.03. The first-order chi connectivity index (χ1) is 10.6. The molecule has 0 unspecified atom stereocenters. The average molecular weight is 314 g/mol. The monoisotopic (exact) mass is 313 g/mol. The molecule has 0 bridgehead atoms. The molecule has 2 aromatic carbocycles. The Kier molecular flexibility index (Phi) is 4.21. The fraction of sp³-hybridized carbons (Fsp3) is 0.316. The largest absolute Gasteiger partial charge is 0.325 e. The van der Waals surface area contributed by atoms with Gasteiger partial charge in [0, 0.05) is 10.7 Å². The maximum atomic E-state index is 13.0. The topological polar surface area (TPSA) is 29.1 Å². The number of hydrogen-bond acceptors (Lipinski definition) is 1. The van der Waals surface area contributed by atoms with Crippen molar-refractivity contribution < 1.29 is 4.79 Å². The van der Waals surface area contributed by atoms with Crippen LogP contribution >= 0.6 is 11.6 Å². The summed E-state index contributed by atoms with van der Waals surface area (Å²) in [6.07, 6.45) is 4.00. The number of benzene rings is 2. The smallest absolute Gasteiger partial charge is 0.235 e. The molecule has 3 heteroatoms. The molecule has 2 nitrogen and oxygen atoms in total. The van der Waals surface area contributed by atoms with E-state index in [-0.39, 0.29) is 5.91 Å². The molecule has 0 radical (unpaired) electrons. The molecule has 114 valence electrons. The van der Waals surface area contributed by atoms with Crippen LogP contribution in [0.25, 0.3) is 0 Å². The zero-order valence-electron chi connectivity index (χ0n) is 12.7. The first kappa shape index (κ1) is 15.1. The maximum absolute atomic E-state index is 13.0. The van der Waals surface area contributed by atoms with Crippen LogP contribution in [0.2, 0.25) is 5.02 Å². The second kappa shape index (κ2) is 6.13. The third kappa shape index (κ3) is 2.76. The molecular weight excluding hydrogens is 294 g/mol. The number of hydrogen-bond donors (Lipinski definition) is 1. The van der Waals surface area contributed by atoms with E-state index in [0.29, 0.717) is 5.02 Å². The molecule has 3 rings (SSSR count). The van der Waals surface area contributed by atoms with Crippen molar-refractivity contribution in [1.29, 1.82) is 0 Å². The molecule has 1 aliphatic rings. The van der Waals surface area contributed by atoms with Crippen LogP contribution in [0.1, 0.15) is 36.8 Å². The molecule has 1 N–H and O–H groups in total. The van der Waals surface area contributed by atoms with Gasteiger partial charge in [0.2, 0.25) is 5.91 Å². The number of aryl methyl sites for hydroxylation is 1. The van der Waals surface area contributed by atoms with Crippen molar-refractivity contribution in [2.24, 2.45) is 0 Å². The van der Waals surface area contributed by atoms with Crippen molar-refractivity contribution in [3.63, 3.8) is 0 Å². The minimum absolute atomic E-state index is 0.0848. The molecule has 0 aromatic heterocycles. The molecule has 0 atom stereocenters. The van der Waals surface area contributed by atoms with Crippen LogP contribution in [0.5, 0.6) is 0 Å². The highest BCUT2D eigenvalue weighted by Gasteiger charge is 2.42. The summed E-state index contributed by atoms with van der Waals surface area (Å²) in [6, 6.07) is 15.7. The van der Waals surface area contributed by atoms with Gasteiger partial charge in [-0.3, -0.25) is 4.79 Å². The number of nitrogens with one attached hydrogen (secondary N) is 1. The van der Waals surface area contributed by atoms with Crippen LogP contribution in [0.15, 0.2) is 48.5 Å². The lowest BCUT2D eigenvalue weighted by Gasteiger charge is -2.28. The van der Waals surface area contributed by atoms with Gasteiger partial charge in [0.1, 0.15) is 0 Å². The van der Waals surface area contributed by atoms with E-state index in [0.717, 1.165) is 42.5 Å². The Morgan fingerprint density at radius 1 is 1.09 bits per heavy atom. The zero-order chi connectivity index (χ0) is 15.6. The van der Waals surface area contributed by atoms with Gasteiger partial charge in [-0.25, -0.2) is 0 Å². The first-order valence-corrected chi connectivity index (χ1v) is 8.13. The van der Waals surface area contributed by atoms with E-state index in [2.05, 4.69) is 17.4 Å². The second-order valence-electron chi connectivity index (χ2n) is 6.07. The number of anilines is 1. The minimum atomic E-state index is -0.407. The summed E-state index contributed by atoms with van der Waals surface area (Å²) in [7, 11) is 0. The van der Waals surface area contributed by atoms with E-state index in [1.807, 2.05) is 43.3 Å². The SMILES string of the molecule is Cc1ccc(Cl)cc1NC(=O)C1(c2ccccc2)CCCC1. The van der Waals surface area contributed by atoms with Crippen molar-refractivity contribution in [3.8, 4) is 0 Å². The lowest BCUT2D eigenvalue weighted by atomic mass is 9.78. The predicted molar refractivity (Wildman–Crippen MR) is 91.4 cm³/mol. The fourth-order valence-electron chi connectivity index (χ4n) is 3.35. The van der Waals surface area contributed by atoms with Gasteiger partial charge in [0.25, 0.3) is 0 Å². The molecular formula is C19H20ClNO. The number of carbonyl (C=O) groups excluding carboxylic acids is 1. The molecule has 2 aromatic rings. The third-order valence-corrected chi connectivity index (χ3v) is 4.90. The molecule has 1 fully saturated rings. The summed E-state index contributed by atoms with van der Waals surface area (Å²) in [6.45, 7) is 1.98. The summed E-state index contributed by atoms with van der Waals surface area (Å²) in [5.74, 6) is 0.0848. The molecule has 1 amide bonds. The van der Waals surface area contributed by atoms with Gasteiger partial charge >= 0.3 is 0 Å². The number of halogens is 1. The first-order valence-electron chi connectivity index (χ1n) is 7.75. The van der Waals surface area contributed by atoms with E-state index >= 15 is 0 Å². The second-order valence-corrected chi connectivity index (χ2v) is 6.51. The Labute approximate surface area is 136 Å². The Morgan fingerprint density at radius 3 is 2.45 bits per heavy atom. The quantitative estimate of drug-likeness (QED) is 0.839. The van der Waals surface area contributed by atoms with Crippen molar-refractivity contribution in [2.45, 2.75) is 38.0 Å². The van der Waals surface area contributed by atoms with Crippen molar-refractivity contribution in [2.75, 3.05) is 5.32 Å². The predicted octanol–water partition coefficient (Wildman–Crippen LogP) is 5.10. The zero-order valence-corrected chi connectivity index (χ0v) is 13.5.